The minimum absolute atomic E-state index is 0.0757. The SMILES string of the molecule is Cc1cccc(CSc2nnc(CNC(=O)c3cccc(F)c3)n2-c2ccc(Cl)cc2Cl)c1. The Morgan fingerprint density at radius 2 is 1.88 bits per heavy atom. The van der Waals surface area contributed by atoms with Crippen molar-refractivity contribution in [3.63, 3.8) is 0 Å². The number of amides is 1. The van der Waals surface area contributed by atoms with Crippen LogP contribution in [-0.2, 0) is 12.3 Å². The van der Waals surface area contributed by atoms with Gasteiger partial charge in [0.25, 0.3) is 5.91 Å². The number of halogens is 3. The van der Waals surface area contributed by atoms with Crippen LogP contribution in [0.4, 0.5) is 4.39 Å². The molecular weight excluding hydrogens is 482 g/mol. The summed E-state index contributed by atoms with van der Waals surface area (Å²) in [6, 6.07) is 18.9. The van der Waals surface area contributed by atoms with Crippen molar-refractivity contribution in [1.82, 2.24) is 20.1 Å². The van der Waals surface area contributed by atoms with Crippen LogP contribution in [0.1, 0.15) is 27.3 Å². The zero-order valence-corrected chi connectivity index (χ0v) is 19.9. The Morgan fingerprint density at radius 3 is 2.64 bits per heavy atom. The van der Waals surface area contributed by atoms with E-state index in [2.05, 4.69) is 27.6 Å². The van der Waals surface area contributed by atoms with E-state index in [1.165, 1.54) is 35.5 Å². The van der Waals surface area contributed by atoms with Gasteiger partial charge >= 0.3 is 0 Å². The fourth-order valence-corrected chi connectivity index (χ4v) is 4.65. The van der Waals surface area contributed by atoms with Crippen molar-refractivity contribution in [1.29, 1.82) is 0 Å². The minimum atomic E-state index is -0.478. The molecule has 0 saturated heterocycles. The van der Waals surface area contributed by atoms with Gasteiger partial charge in [0, 0.05) is 16.3 Å². The Hall–Kier alpha value is -2.87. The molecule has 0 spiro atoms. The molecule has 4 rings (SSSR count). The largest absolute Gasteiger partial charge is 0.345 e. The first-order chi connectivity index (χ1) is 15.9. The number of carbonyl (C=O) groups excluding carboxylic acids is 1. The third kappa shape index (κ3) is 5.74. The maximum Gasteiger partial charge on any atom is 0.251 e. The van der Waals surface area contributed by atoms with E-state index >= 15 is 0 Å². The standard InChI is InChI=1S/C24H19Cl2FN4OS/c1-15-4-2-5-16(10-15)14-33-24-30-29-22(31(24)21-9-8-18(25)12-20(21)26)13-28-23(32)17-6-3-7-19(27)11-17/h2-12H,13-14H2,1H3,(H,28,32). The third-order valence-corrected chi connectivity index (χ3v) is 6.33. The van der Waals surface area contributed by atoms with Gasteiger partial charge in [-0.2, -0.15) is 0 Å². The van der Waals surface area contributed by atoms with Crippen LogP contribution in [0.15, 0.2) is 71.9 Å². The van der Waals surface area contributed by atoms with Crippen molar-refractivity contribution in [3.05, 3.63) is 105 Å². The highest BCUT2D eigenvalue weighted by Gasteiger charge is 2.18. The van der Waals surface area contributed by atoms with Crippen molar-refractivity contribution in [3.8, 4) is 5.69 Å². The first kappa shape index (κ1) is 23.3. The summed E-state index contributed by atoms with van der Waals surface area (Å²) in [7, 11) is 0. The Bertz CT molecular complexity index is 1310. The van der Waals surface area contributed by atoms with Gasteiger partial charge in [0.2, 0.25) is 0 Å². The van der Waals surface area contributed by atoms with Crippen LogP contribution < -0.4 is 5.32 Å². The van der Waals surface area contributed by atoms with E-state index in [9.17, 15) is 9.18 Å². The molecule has 4 aromatic rings. The summed E-state index contributed by atoms with van der Waals surface area (Å²) >= 11 is 14.1. The van der Waals surface area contributed by atoms with Gasteiger partial charge in [-0.15, -0.1) is 10.2 Å². The van der Waals surface area contributed by atoms with Crippen molar-refractivity contribution >= 4 is 40.9 Å². The third-order valence-electron chi connectivity index (χ3n) is 4.80. The summed E-state index contributed by atoms with van der Waals surface area (Å²) in [5, 5.41) is 12.9. The molecule has 0 atom stereocenters. The molecule has 5 nitrogen and oxygen atoms in total. The van der Waals surface area contributed by atoms with E-state index in [-0.39, 0.29) is 12.1 Å². The van der Waals surface area contributed by atoms with Crippen LogP contribution in [0, 0.1) is 12.7 Å². The second-order valence-corrected chi connectivity index (χ2v) is 9.09. The Morgan fingerprint density at radius 1 is 1.06 bits per heavy atom. The molecule has 0 unspecified atom stereocenters. The van der Waals surface area contributed by atoms with E-state index in [1.807, 2.05) is 19.1 Å². The molecule has 33 heavy (non-hydrogen) atoms. The molecule has 1 heterocycles. The predicted molar refractivity (Wildman–Crippen MR) is 130 cm³/mol. The number of carbonyl (C=O) groups is 1. The number of rotatable bonds is 7. The number of aromatic nitrogens is 3. The molecule has 0 aliphatic carbocycles. The Labute approximate surface area is 204 Å². The average Bonchev–Trinajstić information content (AvgIpc) is 3.18. The van der Waals surface area contributed by atoms with Crippen LogP contribution in [0.5, 0.6) is 0 Å². The lowest BCUT2D eigenvalue weighted by molar-refractivity contribution is 0.0949. The van der Waals surface area contributed by atoms with Crippen molar-refractivity contribution < 1.29 is 9.18 Å². The lowest BCUT2D eigenvalue weighted by atomic mass is 10.2. The fraction of sp³-hybridized carbons (Fsp3) is 0.125. The quantitative estimate of drug-likeness (QED) is 0.305. The number of nitrogens with one attached hydrogen (secondary N) is 1. The summed E-state index contributed by atoms with van der Waals surface area (Å²) in [5.74, 6) is 0.269. The highest BCUT2D eigenvalue weighted by molar-refractivity contribution is 7.98. The van der Waals surface area contributed by atoms with Gasteiger partial charge in [-0.25, -0.2) is 4.39 Å². The number of thioether (sulfide) groups is 1. The van der Waals surface area contributed by atoms with Gasteiger partial charge in [-0.1, -0.05) is 70.9 Å². The van der Waals surface area contributed by atoms with Gasteiger partial charge < -0.3 is 5.32 Å². The van der Waals surface area contributed by atoms with Crippen molar-refractivity contribution in [2.24, 2.45) is 0 Å². The van der Waals surface area contributed by atoms with Crippen molar-refractivity contribution in [2.75, 3.05) is 0 Å². The molecule has 0 bridgehead atoms. The lowest BCUT2D eigenvalue weighted by Gasteiger charge is -2.13. The summed E-state index contributed by atoms with van der Waals surface area (Å²) in [4.78, 5) is 12.5. The number of benzene rings is 3. The fourth-order valence-electron chi connectivity index (χ4n) is 3.25. The highest BCUT2D eigenvalue weighted by Crippen LogP contribution is 2.30. The molecule has 0 fully saturated rings. The molecule has 0 aliphatic heterocycles. The topological polar surface area (TPSA) is 59.8 Å². The predicted octanol–water partition coefficient (Wildman–Crippen LogP) is 6.24. The Kier molecular flexibility index (Phi) is 7.33. The summed E-state index contributed by atoms with van der Waals surface area (Å²) in [5.41, 5.74) is 3.20. The van der Waals surface area contributed by atoms with Crippen LogP contribution in [-0.4, -0.2) is 20.7 Å². The maximum atomic E-state index is 13.5. The number of nitrogens with zero attached hydrogens (tertiary/aromatic N) is 3. The molecule has 0 aliphatic rings. The van der Waals surface area contributed by atoms with E-state index in [0.717, 1.165) is 5.56 Å². The average molecular weight is 501 g/mol. The van der Waals surface area contributed by atoms with Gasteiger partial charge in [0.05, 0.1) is 17.3 Å². The molecule has 1 aromatic heterocycles. The summed E-state index contributed by atoms with van der Waals surface area (Å²) in [6.07, 6.45) is 0. The molecule has 168 valence electrons. The van der Waals surface area contributed by atoms with E-state index in [4.69, 9.17) is 23.2 Å². The minimum Gasteiger partial charge on any atom is -0.345 e. The van der Waals surface area contributed by atoms with E-state index in [0.29, 0.717) is 32.5 Å². The first-order valence-corrected chi connectivity index (χ1v) is 11.8. The molecule has 1 N–H and O–H groups in total. The molecule has 3 aromatic carbocycles. The molecule has 0 saturated carbocycles. The van der Waals surface area contributed by atoms with E-state index < -0.39 is 11.7 Å². The van der Waals surface area contributed by atoms with Crippen molar-refractivity contribution in [2.45, 2.75) is 24.4 Å². The highest BCUT2D eigenvalue weighted by atomic mass is 35.5. The van der Waals surface area contributed by atoms with Crippen LogP contribution in [0.3, 0.4) is 0 Å². The van der Waals surface area contributed by atoms with Crippen LogP contribution in [0.25, 0.3) is 5.69 Å². The molecule has 1 amide bonds. The molecule has 9 heteroatoms. The first-order valence-electron chi connectivity index (χ1n) is 10.0. The van der Waals surface area contributed by atoms with Crippen LogP contribution in [0.2, 0.25) is 10.0 Å². The monoisotopic (exact) mass is 500 g/mol. The second kappa shape index (κ2) is 10.4. The zero-order valence-electron chi connectivity index (χ0n) is 17.6. The van der Waals surface area contributed by atoms with Gasteiger partial charge in [0.15, 0.2) is 11.0 Å². The maximum absolute atomic E-state index is 13.5. The second-order valence-electron chi connectivity index (χ2n) is 7.30. The smallest absolute Gasteiger partial charge is 0.251 e. The summed E-state index contributed by atoms with van der Waals surface area (Å²) in [6.45, 7) is 2.12. The van der Waals surface area contributed by atoms with Crippen LogP contribution >= 0.6 is 35.0 Å². The number of hydrogen-bond donors (Lipinski definition) is 1. The Balaban J connectivity index is 1.61. The number of hydrogen-bond acceptors (Lipinski definition) is 4. The lowest BCUT2D eigenvalue weighted by Crippen LogP contribution is -2.24. The molecule has 0 radical (unpaired) electrons. The van der Waals surface area contributed by atoms with Gasteiger partial charge in [-0.3, -0.25) is 9.36 Å². The van der Waals surface area contributed by atoms with E-state index in [1.54, 1.807) is 28.8 Å². The molecular formula is C24H19Cl2FN4OS. The zero-order chi connectivity index (χ0) is 23.4. The summed E-state index contributed by atoms with van der Waals surface area (Å²) < 4.78 is 15.3. The van der Waals surface area contributed by atoms with Gasteiger partial charge in [-0.05, 0) is 48.9 Å². The number of aryl methyl sites for hydroxylation is 1. The van der Waals surface area contributed by atoms with Gasteiger partial charge in [0.1, 0.15) is 5.82 Å². The normalized spacial score (nSPS) is 10.9.